The Bertz CT molecular complexity index is 269. The van der Waals surface area contributed by atoms with Crippen LogP contribution in [0, 0.1) is 0 Å². The largest absolute Gasteiger partial charge is 0.317 e. The molecule has 4 heteroatoms. The predicted molar refractivity (Wildman–Crippen MR) is 68.4 cm³/mol. The lowest BCUT2D eigenvalue weighted by Crippen LogP contribution is -2.36. The van der Waals surface area contributed by atoms with Gasteiger partial charge in [-0.25, -0.2) is 8.42 Å². The van der Waals surface area contributed by atoms with Gasteiger partial charge >= 0.3 is 0 Å². The zero-order chi connectivity index (χ0) is 11.9. The smallest absolute Gasteiger partial charge is 0.153 e. The normalized spacial score (nSPS) is 18.8. The van der Waals surface area contributed by atoms with Crippen molar-refractivity contribution in [2.24, 2.45) is 0 Å². The number of sulfone groups is 1. The number of unbranched alkanes of at least 4 members (excludes halogenated alkanes) is 4. The maximum Gasteiger partial charge on any atom is 0.153 e. The van der Waals surface area contributed by atoms with Gasteiger partial charge in [0.05, 0.1) is 11.0 Å². The van der Waals surface area contributed by atoms with Crippen LogP contribution in [0.5, 0.6) is 0 Å². The van der Waals surface area contributed by atoms with Crippen molar-refractivity contribution in [2.45, 2.75) is 57.1 Å². The Balaban J connectivity index is 2.22. The topological polar surface area (TPSA) is 46.2 Å². The summed E-state index contributed by atoms with van der Waals surface area (Å²) in [6.07, 6.45) is 7.14. The molecule has 96 valence electrons. The van der Waals surface area contributed by atoms with Gasteiger partial charge in [0, 0.05) is 0 Å². The molecule has 1 fully saturated rings. The lowest BCUT2D eigenvalue weighted by atomic mass is 10.2. The first-order valence-electron chi connectivity index (χ1n) is 6.59. The van der Waals surface area contributed by atoms with Gasteiger partial charge < -0.3 is 5.32 Å². The molecule has 0 aromatic heterocycles. The molecule has 0 radical (unpaired) electrons. The summed E-state index contributed by atoms with van der Waals surface area (Å²) < 4.78 is 24.0. The van der Waals surface area contributed by atoms with Crippen molar-refractivity contribution in [3.63, 3.8) is 0 Å². The number of nitrogens with one attached hydrogen (secondary N) is 1. The molecular weight excluding hydrogens is 222 g/mol. The van der Waals surface area contributed by atoms with E-state index in [1.54, 1.807) is 0 Å². The van der Waals surface area contributed by atoms with E-state index in [0.717, 1.165) is 38.8 Å². The molecule has 0 saturated carbocycles. The number of hydrogen-bond acceptors (Lipinski definition) is 3. The zero-order valence-corrected chi connectivity index (χ0v) is 11.2. The molecule has 0 atom stereocenters. The molecule has 3 nitrogen and oxygen atoms in total. The van der Waals surface area contributed by atoms with Gasteiger partial charge in [-0.1, -0.05) is 32.6 Å². The Morgan fingerprint density at radius 3 is 2.31 bits per heavy atom. The van der Waals surface area contributed by atoms with E-state index in [4.69, 9.17) is 0 Å². The molecule has 1 saturated heterocycles. The van der Waals surface area contributed by atoms with Crippen LogP contribution in [0.1, 0.15) is 51.9 Å². The SMILES string of the molecule is CCCCCCCS(=O)(=O)C1CCNCC1. The molecule has 0 amide bonds. The number of piperidine rings is 1. The van der Waals surface area contributed by atoms with Crippen LogP contribution in [0.4, 0.5) is 0 Å². The highest BCUT2D eigenvalue weighted by molar-refractivity contribution is 7.92. The second-order valence-corrected chi connectivity index (χ2v) is 7.13. The fourth-order valence-electron chi connectivity index (χ4n) is 2.23. The second-order valence-electron chi connectivity index (χ2n) is 4.73. The summed E-state index contributed by atoms with van der Waals surface area (Å²) in [4.78, 5) is 0. The summed E-state index contributed by atoms with van der Waals surface area (Å²) in [7, 11) is -2.81. The van der Waals surface area contributed by atoms with E-state index < -0.39 is 9.84 Å². The molecule has 0 aromatic carbocycles. The van der Waals surface area contributed by atoms with Crippen LogP contribution in [0.15, 0.2) is 0 Å². The average molecular weight is 247 g/mol. The zero-order valence-electron chi connectivity index (χ0n) is 10.4. The van der Waals surface area contributed by atoms with E-state index in [-0.39, 0.29) is 5.25 Å². The van der Waals surface area contributed by atoms with Crippen molar-refractivity contribution >= 4 is 9.84 Å². The van der Waals surface area contributed by atoms with Crippen LogP contribution in [-0.4, -0.2) is 32.5 Å². The minimum absolute atomic E-state index is 0.0695. The maximum absolute atomic E-state index is 12.0. The van der Waals surface area contributed by atoms with Gasteiger partial charge in [-0.05, 0) is 32.4 Å². The number of rotatable bonds is 7. The first-order chi connectivity index (χ1) is 7.67. The molecule has 1 rings (SSSR count). The molecule has 0 aliphatic carbocycles. The van der Waals surface area contributed by atoms with Crippen molar-refractivity contribution in [3.05, 3.63) is 0 Å². The minimum Gasteiger partial charge on any atom is -0.317 e. The highest BCUT2D eigenvalue weighted by atomic mass is 32.2. The van der Waals surface area contributed by atoms with Crippen LogP contribution in [-0.2, 0) is 9.84 Å². The summed E-state index contributed by atoms with van der Waals surface area (Å²) in [5, 5.41) is 3.14. The van der Waals surface area contributed by atoms with Crippen molar-refractivity contribution in [3.8, 4) is 0 Å². The van der Waals surface area contributed by atoms with Crippen LogP contribution in [0.2, 0.25) is 0 Å². The van der Waals surface area contributed by atoms with Gasteiger partial charge in [-0.3, -0.25) is 0 Å². The quantitative estimate of drug-likeness (QED) is 0.701. The van der Waals surface area contributed by atoms with Crippen molar-refractivity contribution in [1.82, 2.24) is 5.32 Å². The van der Waals surface area contributed by atoms with Gasteiger partial charge in [0.1, 0.15) is 0 Å². The second kappa shape index (κ2) is 7.28. The molecule has 1 aliphatic rings. The molecule has 0 spiro atoms. The Morgan fingerprint density at radius 2 is 1.69 bits per heavy atom. The lowest BCUT2D eigenvalue weighted by molar-refractivity contribution is 0.494. The summed E-state index contributed by atoms with van der Waals surface area (Å²) in [6, 6.07) is 0. The standard InChI is InChI=1S/C12H25NO2S/c1-2-3-4-5-6-11-16(14,15)12-7-9-13-10-8-12/h12-13H,2-11H2,1H3. The van der Waals surface area contributed by atoms with E-state index in [0.29, 0.717) is 5.75 Å². The van der Waals surface area contributed by atoms with Crippen molar-refractivity contribution < 1.29 is 8.42 Å². The van der Waals surface area contributed by atoms with Crippen molar-refractivity contribution in [2.75, 3.05) is 18.8 Å². The molecule has 1 N–H and O–H groups in total. The van der Waals surface area contributed by atoms with Crippen LogP contribution >= 0.6 is 0 Å². The molecule has 0 unspecified atom stereocenters. The Labute approximate surface area is 99.9 Å². The van der Waals surface area contributed by atoms with Gasteiger partial charge in [0.25, 0.3) is 0 Å². The Morgan fingerprint density at radius 1 is 1.06 bits per heavy atom. The van der Waals surface area contributed by atoms with E-state index in [2.05, 4.69) is 12.2 Å². The van der Waals surface area contributed by atoms with Gasteiger partial charge in [0.15, 0.2) is 9.84 Å². The summed E-state index contributed by atoms with van der Waals surface area (Å²) in [5.41, 5.74) is 0. The maximum atomic E-state index is 12.0. The summed E-state index contributed by atoms with van der Waals surface area (Å²) >= 11 is 0. The average Bonchev–Trinajstić information content (AvgIpc) is 2.30. The van der Waals surface area contributed by atoms with E-state index in [9.17, 15) is 8.42 Å². The third-order valence-electron chi connectivity index (χ3n) is 3.33. The molecule has 16 heavy (non-hydrogen) atoms. The molecule has 1 aliphatic heterocycles. The van der Waals surface area contributed by atoms with E-state index in [1.807, 2.05) is 0 Å². The van der Waals surface area contributed by atoms with E-state index >= 15 is 0 Å². The minimum atomic E-state index is -2.81. The van der Waals surface area contributed by atoms with Gasteiger partial charge in [-0.2, -0.15) is 0 Å². The van der Waals surface area contributed by atoms with Gasteiger partial charge in [-0.15, -0.1) is 0 Å². The third-order valence-corrected chi connectivity index (χ3v) is 5.67. The predicted octanol–water partition coefficient (Wildman–Crippen LogP) is 2.12. The van der Waals surface area contributed by atoms with Crippen LogP contribution in [0.25, 0.3) is 0 Å². The summed E-state index contributed by atoms with van der Waals surface area (Å²) in [6.45, 7) is 3.89. The van der Waals surface area contributed by atoms with E-state index in [1.165, 1.54) is 19.3 Å². The molecular formula is C12H25NO2S. The summed E-state index contributed by atoms with van der Waals surface area (Å²) in [5.74, 6) is 0.404. The fourth-order valence-corrected chi connectivity index (χ4v) is 4.12. The Kier molecular flexibility index (Phi) is 6.36. The highest BCUT2D eigenvalue weighted by Gasteiger charge is 2.26. The van der Waals surface area contributed by atoms with Gasteiger partial charge in [0.2, 0.25) is 0 Å². The monoisotopic (exact) mass is 247 g/mol. The Hall–Kier alpha value is -0.0900. The molecule has 0 aromatic rings. The lowest BCUT2D eigenvalue weighted by Gasteiger charge is -2.22. The fraction of sp³-hybridized carbons (Fsp3) is 1.00. The molecule has 1 heterocycles. The van der Waals surface area contributed by atoms with Crippen molar-refractivity contribution in [1.29, 1.82) is 0 Å². The highest BCUT2D eigenvalue weighted by Crippen LogP contribution is 2.16. The first-order valence-corrected chi connectivity index (χ1v) is 8.30. The number of hydrogen-bond donors (Lipinski definition) is 1. The first kappa shape index (κ1) is 14.0. The molecule has 0 bridgehead atoms. The van der Waals surface area contributed by atoms with Crippen LogP contribution < -0.4 is 5.32 Å². The third kappa shape index (κ3) is 4.83. The van der Waals surface area contributed by atoms with Crippen LogP contribution in [0.3, 0.4) is 0 Å².